The van der Waals surface area contributed by atoms with Crippen LogP contribution >= 0.6 is 24.8 Å². The van der Waals surface area contributed by atoms with Crippen molar-refractivity contribution in [3.8, 4) is 11.5 Å². The summed E-state index contributed by atoms with van der Waals surface area (Å²) >= 11 is 0. The fourth-order valence-corrected chi connectivity index (χ4v) is 2.89. The monoisotopic (exact) mass is 408 g/mol. The molecule has 1 heterocycles. The average Bonchev–Trinajstić information content (AvgIpc) is 2.57. The Balaban J connectivity index is 0.00000169. The van der Waals surface area contributed by atoms with Crippen LogP contribution in [0.5, 0.6) is 11.5 Å². The van der Waals surface area contributed by atoms with E-state index < -0.39 is 12.2 Å². The van der Waals surface area contributed by atoms with Gasteiger partial charge in [0.25, 0.3) is 0 Å². The SMILES string of the molecule is Cl.Cl.FC(F)(F)[C@H](c1ccc(Oc2ccccc2)cc1)N1CCNCC1. The van der Waals surface area contributed by atoms with Crippen molar-refractivity contribution in [2.75, 3.05) is 26.2 Å². The molecule has 0 aliphatic carbocycles. The van der Waals surface area contributed by atoms with Crippen LogP contribution in [0.15, 0.2) is 54.6 Å². The van der Waals surface area contributed by atoms with Crippen LogP contribution in [0.3, 0.4) is 0 Å². The highest BCUT2D eigenvalue weighted by Crippen LogP contribution is 2.38. The van der Waals surface area contributed by atoms with Crippen LogP contribution in [0.1, 0.15) is 11.6 Å². The van der Waals surface area contributed by atoms with E-state index in [1.54, 1.807) is 24.3 Å². The molecule has 1 fully saturated rings. The van der Waals surface area contributed by atoms with Gasteiger partial charge in [-0.2, -0.15) is 13.2 Å². The highest BCUT2D eigenvalue weighted by Gasteiger charge is 2.44. The Morgan fingerprint density at radius 2 is 1.38 bits per heavy atom. The lowest BCUT2D eigenvalue weighted by molar-refractivity contribution is -0.187. The molecule has 26 heavy (non-hydrogen) atoms. The third-order valence-electron chi connectivity index (χ3n) is 4.00. The van der Waals surface area contributed by atoms with Crippen molar-refractivity contribution in [3.63, 3.8) is 0 Å². The molecule has 0 aromatic heterocycles. The highest BCUT2D eigenvalue weighted by molar-refractivity contribution is 5.85. The molecule has 3 nitrogen and oxygen atoms in total. The van der Waals surface area contributed by atoms with Crippen molar-refractivity contribution in [3.05, 3.63) is 60.2 Å². The lowest BCUT2D eigenvalue weighted by Crippen LogP contribution is -2.49. The summed E-state index contributed by atoms with van der Waals surface area (Å²) in [5.41, 5.74) is 0.241. The predicted octanol–water partition coefficient (Wildman–Crippen LogP) is 4.83. The number of benzene rings is 2. The maximum absolute atomic E-state index is 13.5. The Kier molecular flexibility index (Phi) is 8.70. The summed E-state index contributed by atoms with van der Waals surface area (Å²) in [6.07, 6.45) is -4.31. The third-order valence-corrected chi connectivity index (χ3v) is 4.00. The molecule has 1 aliphatic heterocycles. The summed E-state index contributed by atoms with van der Waals surface area (Å²) in [6.45, 7) is 1.91. The summed E-state index contributed by atoms with van der Waals surface area (Å²) in [6, 6.07) is 13.7. The fourth-order valence-electron chi connectivity index (χ4n) is 2.89. The van der Waals surface area contributed by atoms with Gasteiger partial charge in [0.05, 0.1) is 0 Å². The van der Waals surface area contributed by atoms with Crippen LogP contribution in [-0.2, 0) is 0 Å². The van der Waals surface area contributed by atoms with Gasteiger partial charge in [-0.25, -0.2) is 0 Å². The van der Waals surface area contributed by atoms with E-state index in [9.17, 15) is 13.2 Å². The van der Waals surface area contributed by atoms with Gasteiger partial charge < -0.3 is 10.1 Å². The summed E-state index contributed by atoms with van der Waals surface area (Å²) in [5.74, 6) is 1.17. The molecule has 0 radical (unpaired) electrons. The van der Waals surface area contributed by atoms with Gasteiger partial charge in [0, 0.05) is 26.2 Å². The number of rotatable bonds is 4. The maximum Gasteiger partial charge on any atom is 0.408 e. The van der Waals surface area contributed by atoms with Crippen LogP contribution in [0.4, 0.5) is 13.2 Å². The van der Waals surface area contributed by atoms with E-state index in [0.29, 0.717) is 37.7 Å². The second-order valence-electron chi connectivity index (χ2n) is 5.71. The first-order chi connectivity index (χ1) is 11.5. The van der Waals surface area contributed by atoms with Gasteiger partial charge in [-0.05, 0) is 29.8 Å². The Hall–Kier alpha value is -1.47. The van der Waals surface area contributed by atoms with E-state index >= 15 is 0 Å². The standard InChI is InChI=1S/C18H19F3N2O.2ClH/c19-18(20,21)17(23-12-10-22-11-13-23)14-6-8-16(9-7-14)24-15-4-2-1-3-5-15;;/h1-9,17,22H,10-13H2;2*1H/t17-;;/m0../s1. The number of halogens is 5. The molecule has 1 saturated heterocycles. The van der Waals surface area contributed by atoms with Crippen molar-refractivity contribution in [2.45, 2.75) is 12.2 Å². The molecule has 2 aromatic carbocycles. The van der Waals surface area contributed by atoms with Crippen LogP contribution in [-0.4, -0.2) is 37.3 Å². The van der Waals surface area contributed by atoms with E-state index in [-0.39, 0.29) is 30.4 Å². The van der Waals surface area contributed by atoms with Gasteiger partial charge in [0.15, 0.2) is 0 Å². The highest BCUT2D eigenvalue weighted by atomic mass is 35.5. The molecular weight excluding hydrogens is 388 g/mol. The van der Waals surface area contributed by atoms with Gasteiger partial charge in [0.1, 0.15) is 17.5 Å². The normalized spacial score (nSPS) is 16.1. The second kappa shape index (κ2) is 10.0. The van der Waals surface area contributed by atoms with Crippen LogP contribution in [0.25, 0.3) is 0 Å². The van der Waals surface area contributed by atoms with Crippen molar-refractivity contribution >= 4 is 24.8 Å². The minimum absolute atomic E-state index is 0. The lowest BCUT2D eigenvalue weighted by Gasteiger charge is -2.36. The Labute approximate surface area is 163 Å². The molecule has 0 unspecified atom stereocenters. The molecule has 2 aromatic rings. The van der Waals surface area contributed by atoms with E-state index in [1.165, 1.54) is 17.0 Å². The molecule has 1 N–H and O–H groups in total. The van der Waals surface area contributed by atoms with Gasteiger partial charge in [-0.1, -0.05) is 30.3 Å². The van der Waals surface area contributed by atoms with Gasteiger partial charge in [-0.15, -0.1) is 24.8 Å². The number of hydrogen-bond donors (Lipinski definition) is 1. The van der Waals surface area contributed by atoms with Gasteiger partial charge in [-0.3, -0.25) is 4.90 Å². The van der Waals surface area contributed by atoms with E-state index in [0.717, 1.165) is 0 Å². The summed E-state index contributed by atoms with van der Waals surface area (Å²) in [4.78, 5) is 1.48. The first-order valence-corrected chi connectivity index (χ1v) is 7.88. The van der Waals surface area contributed by atoms with Crippen molar-refractivity contribution in [1.82, 2.24) is 10.2 Å². The molecule has 8 heteroatoms. The topological polar surface area (TPSA) is 24.5 Å². The molecule has 144 valence electrons. The molecule has 0 amide bonds. The van der Waals surface area contributed by atoms with Crippen LogP contribution < -0.4 is 10.1 Å². The van der Waals surface area contributed by atoms with E-state index in [1.807, 2.05) is 18.2 Å². The lowest BCUT2D eigenvalue weighted by atomic mass is 10.0. The predicted molar refractivity (Wildman–Crippen MR) is 101 cm³/mol. The Bertz CT molecular complexity index is 648. The number of piperazine rings is 1. The molecule has 0 spiro atoms. The summed E-state index contributed by atoms with van der Waals surface area (Å²) in [7, 11) is 0. The molecule has 1 atom stereocenters. The van der Waals surface area contributed by atoms with Crippen molar-refractivity contribution < 1.29 is 17.9 Å². The quantitative estimate of drug-likeness (QED) is 0.783. The molecular formula is C18H21Cl2F3N2O. The zero-order valence-corrected chi connectivity index (χ0v) is 15.5. The maximum atomic E-state index is 13.5. The summed E-state index contributed by atoms with van der Waals surface area (Å²) in [5, 5.41) is 3.08. The molecule has 0 bridgehead atoms. The van der Waals surface area contributed by atoms with Crippen molar-refractivity contribution in [2.24, 2.45) is 0 Å². The zero-order chi connectivity index (χ0) is 17.0. The minimum atomic E-state index is -4.31. The number of hydrogen-bond acceptors (Lipinski definition) is 3. The Morgan fingerprint density at radius 3 is 1.92 bits per heavy atom. The first-order valence-electron chi connectivity index (χ1n) is 7.88. The number of alkyl halides is 3. The zero-order valence-electron chi connectivity index (χ0n) is 13.9. The average molecular weight is 409 g/mol. The molecule has 1 aliphatic rings. The Morgan fingerprint density at radius 1 is 0.846 bits per heavy atom. The number of ether oxygens (including phenoxy) is 1. The number of nitrogens with one attached hydrogen (secondary N) is 1. The van der Waals surface area contributed by atoms with E-state index in [4.69, 9.17) is 4.74 Å². The van der Waals surface area contributed by atoms with Gasteiger partial charge in [0.2, 0.25) is 0 Å². The second-order valence-corrected chi connectivity index (χ2v) is 5.71. The number of para-hydroxylation sites is 1. The van der Waals surface area contributed by atoms with E-state index in [2.05, 4.69) is 5.32 Å². The first kappa shape index (κ1) is 22.6. The molecule has 3 rings (SSSR count). The largest absolute Gasteiger partial charge is 0.457 e. The molecule has 0 saturated carbocycles. The van der Waals surface area contributed by atoms with Gasteiger partial charge >= 0.3 is 6.18 Å². The smallest absolute Gasteiger partial charge is 0.408 e. The summed E-state index contributed by atoms with van der Waals surface area (Å²) < 4.78 is 46.3. The fraction of sp³-hybridized carbons (Fsp3) is 0.333. The third kappa shape index (κ3) is 5.77. The van der Waals surface area contributed by atoms with Crippen LogP contribution in [0, 0.1) is 0 Å². The number of nitrogens with zero attached hydrogens (tertiary/aromatic N) is 1. The van der Waals surface area contributed by atoms with Crippen LogP contribution in [0.2, 0.25) is 0 Å². The van der Waals surface area contributed by atoms with Crippen molar-refractivity contribution in [1.29, 1.82) is 0 Å². The minimum Gasteiger partial charge on any atom is -0.457 e.